The Morgan fingerprint density at radius 3 is 2.38 bits per heavy atom. The number of hydrogen-bond acceptors (Lipinski definition) is 2. The number of unbranched alkanes of at least 4 members (excludes halogenated alkanes) is 3. The first-order valence-corrected chi connectivity index (χ1v) is 5.44. The normalized spacial score (nSPS) is 12.5. The van der Waals surface area contributed by atoms with Gasteiger partial charge in [-0.3, -0.25) is 4.79 Å². The SMILES string of the molecule is CCCCCCC(CCC)OC=O. The maximum atomic E-state index is 10.2. The van der Waals surface area contributed by atoms with Crippen molar-refractivity contribution in [2.45, 2.75) is 64.9 Å². The molecule has 0 saturated heterocycles. The zero-order valence-electron chi connectivity index (χ0n) is 8.92. The Morgan fingerprint density at radius 1 is 1.08 bits per heavy atom. The highest BCUT2D eigenvalue weighted by atomic mass is 16.5. The van der Waals surface area contributed by atoms with Gasteiger partial charge in [0.05, 0.1) is 0 Å². The largest absolute Gasteiger partial charge is 0.465 e. The van der Waals surface area contributed by atoms with Crippen LogP contribution < -0.4 is 0 Å². The van der Waals surface area contributed by atoms with E-state index in [1.54, 1.807) is 0 Å². The van der Waals surface area contributed by atoms with Crippen molar-refractivity contribution in [3.05, 3.63) is 0 Å². The van der Waals surface area contributed by atoms with Crippen molar-refractivity contribution in [2.75, 3.05) is 0 Å². The van der Waals surface area contributed by atoms with Crippen LogP contribution in [0.3, 0.4) is 0 Å². The third kappa shape index (κ3) is 7.82. The summed E-state index contributed by atoms with van der Waals surface area (Å²) in [5.74, 6) is 0. The minimum Gasteiger partial charge on any atom is -0.465 e. The summed E-state index contributed by atoms with van der Waals surface area (Å²) in [5, 5.41) is 0. The quantitative estimate of drug-likeness (QED) is 0.408. The van der Waals surface area contributed by atoms with E-state index in [2.05, 4.69) is 13.8 Å². The summed E-state index contributed by atoms with van der Waals surface area (Å²) in [6, 6.07) is 0. The van der Waals surface area contributed by atoms with Crippen LogP contribution in [-0.2, 0) is 9.53 Å². The van der Waals surface area contributed by atoms with Gasteiger partial charge in [0, 0.05) is 0 Å². The number of hydrogen-bond donors (Lipinski definition) is 0. The summed E-state index contributed by atoms with van der Waals surface area (Å²) in [6.45, 7) is 4.90. The molecule has 2 nitrogen and oxygen atoms in total. The van der Waals surface area contributed by atoms with Gasteiger partial charge < -0.3 is 4.74 Å². The van der Waals surface area contributed by atoms with Gasteiger partial charge in [-0.2, -0.15) is 0 Å². The van der Waals surface area contributed by atoms with Gasteiger partial charge in [0.15, 0.2) is 0 Å². The molecule has 0 aromatic rings. The van der Waals surface area contributed by atoms with Gasteiger partial charge in [-0.05, 0) is 19.3 Å². The summed E-state index contributed by atoms with van der Waals surface area (Å²) < 4.78 is 4.98. The Balaban J connectivity index is 3.38. The van der Waals surface area contributed by atoms with Crippen molar-refractivity contribution in [1.29, 1.82) is 0 Å². The lowest BCUT2D eigenvalue weighted by Crippen LogP contribution is -2.11. The lowest BCUT2D eigenvalue weighted by molar-refractivity contribution is -0.134. The highest BCUT2D eigenvalue weighted by Crippen LogP contribution is 2.11. The molecule has 0 amide bonds. The zero-order valence-corrected chi connectivity index (χ0v) is 8.92. The van der Waals surface area contributed by atoms with Crippen molar-refractivity contribution < 1.29 is 9.53 Å². The molecule has 0 bridgehead atoms. The third-order valence-electron chi connectivity index (χ3n) is 2.24. The topological polar surface area (TPSA) is 26.3 Å². The maximum Gasteiger partial charge on any atom is 0.293 e. The summed E-state index contributed by atoms with van der Waals surface area (Å²) >= 11 is 0. The molecule has 0 aromatic heterocycles. The molecule has 0 rings (SSSR count). The third-order valence-corrected chi connectivity index (χ3v) is 2.24. The van der Waals surface area contributed by atoms with E-state index >= 15 is 0 Å². The molecule has 0 spiro atoms. The van der Waals surface area contributed by atoms with Crippen molar-refractivity contribution in [1.82, 2.24) is 0 Å². The lowest BCUT2D eigenvalue weighted by atomic mass is 10.1. The molecule has 0 fully saturated rings. The van der Waals surface area contributed by atoms with Crippen LogP contribution in [0.1, 0.15) is 58.8 Å². The van der Waals surface area contributed by atoms with Crippen molar-refractivity contribution in [3.8, 4) is 0 Å². The molecule has 0 aliphatic heterocycles. The van der Waals surface area contributed by atoms with E-state index in [4.69, 9.17) is 4.74 Å². The molecule has 0 radical (unpaired) electrons. The lowest BCUT2D eigenvalue weighted by Gasteiger charge is -2.13. The van der Waals surface area contributed by atoms with E-state index in [9.17, 15) is 4.79 Å². The second-order valence-corrected chi connectivity index (χ2v) is 3.49. The predicted octanol–water partition coefficient (Wildman–Crippen LogP) is 3.30. The van der Waals surface area contributed by atoms with Crippen LogP contribution in [0.2, 0.25) is 0 Å². The average Bonchev–Trinajstić information content (AvgIpc) is 2.13. The fraction of sp³-hybridized carbons (Fsp3) is 0.909. The van der Waals surface area contributed by atoms with Crippen molar-refractivity contribution in [3.63, 3.8) is 0 Å². The minimum atomic E-state index is 0.166. The van der Waals surface area contributed by atoms with Gasteiger partial charge in [0.25, 0.3) is 6.47 Å². The van der Waals surface area contributed by atoms with Crippen LogP contribution in [0.15, 0.2) is 0 Å². The Morgan fingerprint density at radius 2 is 1.85 bits per heavy atom. The monoisotopic (exact) mass is 186 g/mol. The van der Waals surface area contributed by atoms with Crippen LogP contribution in [0.5, 0.6) is 0 Å². The van der Waals surface area contributed by atoms with E-state index in [1.165, 1.54) is 25.7 Å². The number of rotatable bonds is 9. The first-order chi connectivity index (χ1) is 6.35. The Hall–Kier alpha value is -0.530. The van der Waals surface area contributed by atoms with Crippen LogP contribution in [0, 0.1) is 0 Å². The first kappa shape index (κ1) is 12.5. The molecule has 0 saturated carbocycles. The van der Waals surface area contributed by atoms with Gasteiger partial charge in [-0.25, -0.2) is 0 Å². The van der Waals surface area contributed by atoms with E-state index in [0.29, 0.717) is 6.47 Å². The van der Waals surface area contributed by atoms with Gasteiger partial charge in [0.1, 0.15) is 6.10 Å². The molecule has 78 valence electrons. The van der Waals surface area contributed by atoms with Gasteiger partial charge in [0.2, 0.25) is 0 Å². The summed E-state index contributed by atoms with van der Waals surface area (Å²) in [4.78, 5) is 10.2. The molecule has 1 atom stereocenters. The van der Waals surface area contributed by atoms with Crippen molar-refractivity contribution >= 4 is 6.47 Å². The molecule has 0 aliphatic rings. The molecule has 0 N–H and O–H groups in total. The molecule has 0 aliphatic carbocycles. The number of ether oxygens (including phenoxy) is 1. The predicted molar refractivity (Wildman–Crippen MR) is 54.6 cm³/mol. The molecule has 1 unspecified atom stereocenters. The first-order valence-electron chi connectivity index (χ1n) is 5.44. The van der Waals surface area contributed by atoms with Crippen LogP contribution in [0.4, 0.5) is 0 Å². The Labute approximate surface area is 81.7 Å². The minimum absolute atomic E-state index is 0.166. The summed E-state index contributed by atoms with van der Waals surface area (Å²) in [6.07, 6.45) is 8.29. The highest BCUT2D eigenvalue weighted by molar-refractivity contribution is 5.37. The van der Waals surface area contributed by atoms with E-state index in [-0.39, 0.29) is 6.10 Å². The second-order valence-electron chi connectivity index (χ2n) is 3.49. The smallest absolute Gasteiger partial charge is 0.293 e. The Kier molecular flexibility index (Phi) is 9.17. The average molecular weight is 186 g/mol. The summed E-state index contributed by atoms with van der Waals surface area (Å²) in [5.41, 5.74) is 0. The zero-order chi connectivity index (χ0) is 9.94. The van der Waals surface area contributed by atoms with Crippen LogP contribution in [-0.4, -0.2) is 12.6 Å². The molecular weight excluding hydrogens is 164 g/mol. The van der Waals surface area contributed by atoms with E-state index in [1.807, 2.05) is 0 Å². The van der Waals surface area contributed by atoms with Crippen molar-refractivity contribution in [2.24, 2.45) is 0 Å². The molecule has 0 aromatic carbocycles. The summed E-state index contributed by atoms with van der Waals surface area (Å²) in [7, 11) is 0. The van der Waals surface area contributed by atoms with Crippen LogP contribution >= 0.6 is 0 Å². The maximum absolute atomic E-state index is 10.2. The van der Waals surface area contributed by atoms with E-state index in [0.717, 1.165) is 19.3 Å². The fourth-order valence-corrected chi connectivity index (χ4v) is 1.48. The van der Waals surface area contributed by atoms with Crippen LogP contribution in [0.25, 0.3) is 0 Å². The standard InChI is InChI=1S/C11H22O2/c1-3-5-6-7-9-11(8-4-2)13-10-12/h10-11H,3-9H2,1-2H3. The van der Waals surface area contributed by atoms with Gasteiger partial charge >= 0.3 is 0 Å². The van der Waals surface area contributed by atoms with Gasteiger partial charge in [-0.15, -0.1) is 0 Å². The Bertz CT molecular complexity index is 113. The highest BCUT2D eigenvalue weighted by Gasteiger charge is 2.06. The van der Waals surface area contributed by atoms with Gasteiger partial charge in [-0.1, -0.05) is 39.5 Å². The second kappa shape index (κ2) is 9.56. The molecular formula is C11H22O2. The fourth-order valence-electron chi connectivity index (χ4n) is 1.48. The van der Waals surface area contributed by atoms with E-state index < -0.39 is 0 Å². The molecule has 0 heterocycles. The number of carbonyl (C=O) groups excluding carboxylic acids is 1. The molecule has 13 heavy (non-hydrogen) atoms. The molecule has 2 heteroatoms. The number of carbonyl (C=O) groups is 1.